The second-order valence-electron chi connectivity index (χ2n) is 6.33. The lowest BCUT2D eigenvalue weighted by molar-refractivity contribution is -0.143. The summed E-state index contributed by atoms with van der Waals surface area (Å²) < 4.78 is 4.94. The highest BCUT2D eigenvalue weighted by Gasteiger charge is 2.19. The molecule has 1 rings (SSSR count). The lowest BCUT2D eigenvalue weighted by Crippen LogP contribution is -2.48. The molecule has 5 heteroatoms. The Morgan fingerprint density at radius 1 is 1.00 bits per heavy atom. The highest BCUT2D eigenvalue weighted by molar-refractivity contribution is 5.87. The van der Waals surface area contributed by atoms with Crippen molar-refractivity contribution in [2.45, 2.75) is 58.8 Å². The van der Waals surface area contributed by atoms with E-state index in [0.717, 1.165) is 32.6 Å². The van der Waals surface area contributed by atoms with E-state index in [-0.39, 0.29) is 11.9 Å². The highest BCUT2D eigenvalue weighted by Crippen LogP contribution is 2.07. The second kappa shape index (κ2) is 13.0. The Morgan fingerprint density at radius 2 is 1.71 bits per heavy atom. The van der Waals surface area contributed by atoms with Crippen LogP contribution >= 0.6 is 0 Å². The molecule has 0 spiro atoms. The van der Waals surface area contributed by atoms with Gasteiger partial charge in [-0.05, 0) is 25.8 Å². The topological polar surface area (TPSA) is 49.9 Å². The Morgan fingerprint density at radius 3 is 2.38 bits per heavy atom. The molecule has 5 nitrogen and oxygen atoms in total. The summed E-state index contributed by atoms with van der Waals surface area (Å²) in [6.07, 6.45) is 11.5. The molecule has 0 atom stereocenters. The third-order valence-corrected chi connectivity index (χ3v) is 4.36. The number of ether oxygens (including phenoxy) is 1. The molecule has 1 aliphatic rings. The maximum Gasteiger partial charge on any atom is 0.307 e. The van der Waals surface area contributed by atoms with Crippen molar-refractivity contribution in [1.82, 2.24) is 9.80 Å². The van der Waals surface area contributed by atoms with E-state index >= 15 is 0 Å². The first-order valence-electron chi connectivity index (χ1n) is 9.50. The number of rotatable bonds is 11. The minimum atomic E-state index is -0.141. The Balaban J connectivity index is 2.13. The van der Waals surface area contributed by atoms with Gasteiger partial charge in [0.05, 0.1) is 13.0 Å². The molecule has 0 radical (unpaired) electrons. The van der Waals surface area contributed by atoms with Gasteiger partial charge in [0.2, 0.25) is 5.91 Å². The highest BCUT2D eigenvalue weighted by atomic mass is 16.5. The van der Waals surface area contributed by atoms with E-state index in [1.165, 1.54) is 32.1 Å². The minimum absolute atomic E-state index is 0.119. The van der Waals surface area contributed by atoms with Crippen LogP contribution in [0.25, 0.3) is 0 Å². The largest absolute Gasteiger partial charge is 0.466 e. The second-order valence-corrected chi connectivity index (χ2v) is 6.33. The number of amides is 1. The van der Waals surface area contributed by atoms with Gasteiger partial charge in [-0.25, -0.2) is 0 Å². The molecule has 138 valence electrons. The van der Waals surface area contributed by atoms with Crippen molar-refractivity contribution in [3.63, 3.8) is 0 Å². The van der Waals surface area contributed by atoms with Crippen LogP contribution in [0, 0.1) is 0 Å². The lowest BCUT2D eigenvalue weighted by atomic mass is 10.1. The van der Waals surface area contributed by atoms with Crippen molar-refractivity contribution >= 4 is 11.9 Å². The Hall–Kier alpha value is -1.36. The molecule has 1 aliphatic heterocycles. The predicted molar refractivity (Wildman–Crippen MR) is 96.8 cm³/mol. The van der Waals surface area contributed by atoms with Gasteiger partial charge >= 0.3 is 5.97 Å². The maximum absolute atomic E-state index is 12.1. The van der Waals surface area contributed by atoms with E-state index in [1.54, 1.807) is 6.08 Å². The number of piperazine rings is 1. The van der Waals surface area contributed by atoms with Gasteiger partial charge in [0, 0.05) is 32.7 Å². The first-order chi connectivity index (χ1) is 11.7. The molecule has 0 saturated carbocycles. The van der Waals surface area contributed by atoms with Crippen molar-refractivity contribution in [2.24, 2.45) is 0 Å². The molecular weight excluding hydrogens is 304 g/mol. The van der Waals surface area contributed by atoms with Crippen molar-refractivity contribution in [1.29, 1.82) is 0 Å². The molecule has 0 aromatic carbocycles. The summed E-state index contributed by atoms with van der Waals surface area (Å²) in [7, 11) is 0. The van der Waals surface area contributed by atoms with E-state index in [4.69, 9.17) is 4.74 Å². The standard InChI is InChI=1S/C19H34N2O3/c1-3-5-6-7-8-9-10-11-18(22)21-16-14-20(15-17-21)13-12-19(23)24-4-2/h10-11H,3-9,12-17H2,1-2H3. The first kappa shape index (κ1) is 20.7. The predicted octanol–water partition coefficient (Wildman–Crippen LogP) is 3.00. The van der Waals surface area contributed by atoms with Crippen molar-refractivity contribution in [3.8, 4) is 0 Å². The van der Waals surface area contributed by atoms with Gasteiger partial charge in [-0.3, -0.25) is 14.5 Å². The van der Waals surface area contributed by atoms with Gasteiger partial charge in [0.25, 0.3) is 0 Å². The van der Waals surface area contributed by atoms with E-state index in [9.17, 15) is 9.59 Å². The van der Waals surface area contributed by atoms with Gasteiger partial charge in [-0.15, -0.1) is 0 Å². The number of hydrogen-bond acceptors (Lipinski definition) is 4. The van der Waals surface area contributed by atoms with Crippen LogP contribution in [0.1, 0.15) is 58.8 Å². The van der Waals surface area contributed by atoms with E-state index in [1.807, 2.05) is 17.9 Å². The molecule has 1 heterocycles. The van der Waals surface area contributed by atoms with E-state index in [2.05, 4.69) is 11.8 Å². The van der Waals surface area contributed by atoms with Crippen LogP contribution in [-0.2, 0) is 14.3 Å². The SMILES string of the molecule is CCCCCCCC=CC(=O)N1CCN(CCC(=O)OCC)CC1. The zero-order chi connectivity index (χ0) is 17.6. The molecular formula is C19H34N2O3. The van der Waals surface area contributed by atoms with Crippen LogP contribution < -0.4 is 0 Å². The normalized spacial score (nSPS) is 15.8. The number of nitrogens with zero attached hydrogens (tertiary/aromatic N) is 2. The summed E-state index contributed by atoms with van der Waals surface area (Å²) in [6, 6.07) is 0. The molecule has 0 bridgehead atoms. The maximum atomic E-state index is 12.1. The molecule has 1 fully saturated rings. The zero-order valence-corrected chi connectivity index (χ0v) is 15.5. The number of carbonyl (C=O) groups is 2. The quantitative estimate of drug-likeness (QED) is 0.330. The summed E-state index contributed by atoms with van der Waals surface area (Å²) >= 11 is 0. The van der Waals surface area contributed by atoms with E-state index in [0.29, 0.717) is 19.6 Å². The van der Waals surface area contributed by atoms with Crippen LogP contribution in [0.3, 0.4) is 0 Å². The molecule has 0 unspecified atom stereocenters. The van der Waals surface area contributed by atoms with Gasteiger partial charge in [-0.2, -0.15) is 0 Å². The summed E-state index contributed by atoms with van der Waals surface area (Å²) in [5, 5.41) is 0. The average molecular weight is 338 g/mol. The Labute approximate surface area is 147 Å². The molecule has 0 aromatic heterocycles. The Bertz CT molecular complexity index is 388. The van der Waals surface area contributed by atoms with Gasteiger partial charge < -0.3 is 9.64 Å². The number of hydrogen-bond donors (Lipinski definition) is 0. The minimum Gasteiger partial charge on any atom is -0.466 e. The average Bonchev–Trinajstić information content (AvgIpc) is 2.59. The van der Waals surface area contributed by atoms with Crippen LogP contribution in [-0.4, -0.2) is 61.0 Å². The van der Waals surface area contributed by atoms with Crippen LogP contribution in [0.2, 0.25) is 0 Å². The summed E-state index contributed by atoms with van der Waals surface area (Å²) in [5.74, 6) is -0.0218. The fourth-order valence-electron chi connectivity index (χ4n) is 2.83. The molecule has 0 aromatic rings. The van der Waals surface area contributed by atoms with Gasteiger partial charge in [0.15, 0.2) is 0 Å². The fraction of sp³-hybridized carbons (Fsp3) is 0.789. The monoisotopic (exact) mass is 338 g/mol. The van der Waals surface area contributed by atoms with E-state index < -0.39 is 0 Å². The molecule has 1 saturated heterocycles. The number of esters is 1. The van der Waals surface area contributed by atoms with Crippen LogP contribution in [0.5, 0.6) is 0 Å². The molecule has 0 aliphatic carbocycles. The zero-order valence-electron chi connectivity index (χ0n) is 15.5. The summed E-state index contributed by atoms with van der Waals surface area (Å²) in [6.45, 7) is 8.33. The third kappa shape index (κ3) is 9.06. The molecule has 1 amide bonds. The number of unbranched alkanes of at least 4 members (excludes halogenated alkanes) is 5. The number of allylic oxidation sites excluding steroid dienone is 1. The van der Waals surface area contributed by atoms with Gasteiger partial charge in [0.1, 0.15) is 0 Å². The van der Waals surface area contributed by atoms with Gasteiger partial charge in [-0.1, -0.05) is 38.7 Å². The fourth-order valence-corrected chi connectivity index (χ4v) is 2.83. The van der Waals surface area contributed by atoms with Crippen molar-refractivity contribution < 1.29 is 14.3 Å². The van der Waals surface area contributed by atoms with Crippen molar-refractivity contribution in [2.75, 3.05) is 39.3 Å². The first-order valence-corrected chi connectivity index (χ1v) is 9.50. The molecule has 0 N–H and O–H groups in total. The summed E-state index contributed by atoms with van der Waals surface area (Å²) in [4.78, 5) is 27.6. The third-order valence-electron chi connectivity index (χ3n) is 4.36. The van der Waals surface area contributed by atoms with Crippen molar-refractivity contribution in [3.05, 3.63) is 12.2 Å². The summed E-state index contributed by atoms with van der Waals surface area (Å²) in [5.41, 5.74) is 0. The van der Waals surface area contributed by atoms with Crippen LogP contribution in [0.15, 0.2) is 12.2 Å². The Kier molecular flexibility index (Phi) is 11.2. The lowest BCUT2D eigenvalue weighted by Gasteiger charge is -2.34. The van der Waals surface area contributed by atoms with Crippen LogP contribution in [0.4, 0.5) is 0 Å². The number of carbonyl (C=O) groups excluding carboxylic acids is 2. The molecule has 24 heavy (non-hydrogen) atoms. The smallest absolute Gasteiger partial charge is 0.307 e.